The van der Waals surface area contributed by atoms with Gasteiger partial charge in [0.15, 0.2) is 0 Å². The molecule has 0 spiro atoms. The van der Waals surface area contributed by atoms with Crippen molar-refractivity contribution in [2.75, 3.05) is 0 Å². The van der Waals surface area contributed by atoms with Gasteiger partial charge < -0.3 is 0 Å². The van der Waals surface area contributed by atoms with Crippen molar-refractivity contribution in [2.45, 2.75) is 19.6 Å². The molecule has 0 radical (unpaired) electrons. The lowest BCUT2D eigenvalue weighted by Crippen LogP contribution is -2.19. The highest BCUT2D eigenvalue weighted by Crippen LogP contribution is 2.43. The SMILES string of the molecule is C[Si](C)(C)C(Br)=C=C1c2ccccc2-c2ccccc21. The molecular formula is C18H17BrSi. The maximum Gasteiger partial charge on any atom is 0.0966 e. The molecule has 0 saturated carbocycles. The van der Waals surface area contributed by atoms with Crippen LogP contribution < -0.4 is 0 Å². The molecule has 1 aliphatic rings. The van der Waals surface area contributed by atoms with Crippen LogP contribution in [0.1, 0.15) is 11.1 Å². The van der Waals surface area contributed by atoms with Gasteiger partial charge in [0.05, 0.1) is 8.07 Å². The molecule has 3 rings (SSSR count). The third kappa shape index (κ3) is 2.24. The molecule has 0 aliphatic heterocycles. The molecule has 0 bridgehead atoms. The lowest BCUT2D eigenvalue weighted by atomic mass is 10.1. The van der Waals surface area contributed by atoms with Crippen molar-refractivity contribution < 1.29 is 0 Å². The van der Waals surface area contributed by atoms with Crippen LogP contribution in [0.3, 0.4) is 0 Å². The van der Waals surface area contributed by atoms with E-state index in [1.54, 1.807) is 0 Å². The Hall–Kier alpha value is -1.34. The summed E-state index contributed by atoms with van der Waals surface area (Å²) in [4.78, 5) is 0. The Morgan fingerprint density at radius 3 is 1.60 bits per heavy atom. The zero-order valence-electron chi connectivity index (χ0n) is 12.0. The maximum atomic E-state index is 3.76. The summed E-state index contributed by atoms with van der Waals surface area (Å²) in [5.74, 6) is 0. The second-order valence-electron chi connectivity index (χ2n) is 6.16. The van der Waals surface area contributed by atoms with Crippen LogP contribution in [0, 0.1) is 0 Å². The standard InChI is InChI=1S/C18H17BrSi/c1-20(2,3)18(19)12-17-15-10-6-4-8-13(15)14-9-5-7-11-16(14)17/h4-11H,1-3H3. The lowest BCUT2D eigenvalue weighted by molar-refractivity contribution is 1.65. The number of hydrogen-bond acceptors (Lipinski definition) is 0. The fraction of sp³-hybridized carbons (Fsp3) is 0.167. The average molecular weight is 341 g/mol. The topological polar surface area (TPSA) is 0 Å². The van der Waals surface area contributed by atoms with Gasteiger partial charge in [0.2, 0.25) is 0 Å². The number of halogens is 1. The van der Waals surface area contributed by atoms with E-state index < -0.39 is 8.07 Å². The summed E-state index contributed by atoms with van der Waals surface area (Å²) < 4.78 is 1.24. The molecule has 0 nitrogen and oxygen atoms in total. The molecule has 2 aromatic rings. The van der Waals surface area contributed by atoms with E-state index in [-0.39, 0.29) is 0 Å². The molecule has 0 heterocycles. The molecule has 0 saturated heterocycles. The van der Waals surface area contributed by atoms with Crippen LogP contribution in [0.25, 0.3) is 16.7 Å². The van der Waals surface area contributed by atoms with E-state index >= 15 is 0 Å². The van der Waals surface area contributed by atoms with E-state index in [0.717, 1.165) is 0 Å². The predicted molar refractivity (Wildman–Crippen MR) is 93.7 cm³/mol. The van der Waals surface area contributed by atoms with Crippen LogP contribution in [0.2, 0.25) is 19.6 Å². The molecule has 0 N–H and O–H groups in total. The van der Waals surface area contributed by atoms with Crippen LogP contribution in [-0.4, -0.2) is 8.07 Å². The summed E-state index contributed by atoms with van der Waals surface area (Å²) in [5, 5.41) is 0. The van der Waals surface area contributed by atoms with E-state index in [2.05, 4.69) is 89.8 Å². The van der Waals surface area contributed by atoms with Crippen molar-refractivity contribution in [3.8, 4) is 11.1 Å². The predicted octanol–water partition coefficient (Wildman–Crippen LogP) is 5.85. The third-order valence-corrected chi connectivity index (χ3v) is 8.78. The fourth-order valence-corrected chi connectivity index (χ4v) is 3.15. The first kappa shape index (κ1) is 13.6. The number of fused-ring (bicyclic) bond motifs is 3. The van der Waals surface area contributed by atoms with Gasteiger partial charge in [-0.2, -0.15) is 0 Å². The number of benzene rings is 2. The van der Waals surface area contributed by atoms with Crippen molar-refractivity contribution in [1.29, 1.82) is 0 Å². The van der Waals surface area contributed by atoms with Gasteiger partial charge in [-0.3, -0.25) is 0 Å². The quantitative estimate of drug-likeness (QED) is 0.384. The summed E-state index contributed by atoms with van der Waals surface area (Å²) in [6.45, 7) is 6.99. The second kappa shape index (κ2) is 4.89. The third-order valence-electron chi connectivity index (χ3n) is 3.58. The first-order chi connectivity index (χ1) is 9.48. The molecule has 0 atom stereocenters. The van der Waals surface area contributed by atoms with Crippen molar-refractivity contribution in [3.05, 3.63) is 69.5 Å². The molecule has 1 aliphatic carbocycles. The molecule has 2 aromatic carbocycles. The Labute approximate surface area is 130 Å². The van der Waals surface area contributed by atoms with Gasteiger partial charge in [0.1, 0.15) is 0 Å². The summed E-state index contributed by atoms with van der Waals surface area (Å²) >= 11 is 3.76. The minimum atomic E-state index is -1.37. The molecule has 100 valence electrons. The molecule has 0 amide bonds. The zero-order valence-corrected chi connectivity index (χ0v) is 14.6. The van der Waals surface area contributed by atoms with Gasteiger partial charge in [-0.25, -0.2) is 0 Å². The monoisotopic (exact) mass is 340 g/mol. The number of rotatable bonds is 1. The summed E-state index contributed by atoms with van der Waals surface area (Å²) in [5.41, 5.74) is 10.1. The second-order valence-corrected chi connectivity index (χ2v) is 12.7. The molecule has 0 fully saturated rings. The van der Waals surface area contributed by atoms with E-state index in [1.807, 2.05) is 0 Å². The highest BCUT2D eigenvalue weighted by molar-refractivity contribution is 9.12. The van der Waals surface area contributed by atoms with Gasteiger partial charge in [-0.15, -0.1) is 5.73 Å². The highest BCUT2D eigenvalue weighted by atomic mass is 79.9. The minimum Gasteiger partial charge on any atom is -0.105 e. The Kier molecular flexibility index (Phi) is 3.33. The Morgan fingerprint density at radius 2 is 1.20 bits per heavy atom. The van der Waals surface area contributed by atoms with E-state index in [1.165, 1.54) is 31.9 Å². The van der Waals surface area contributed by atoms with Crippen molar-refractivity contribution in [3.63, 3.8) is 0 Å². The first-order valence-corrected chi connectivity index (χ1v) is 11.1. The maximum absolute atomic E-state index is 3.76. The van der Waals surface area contributed by atoms with Crippen LogP contribution in [-0.2, 0) is 0 Å². The van der Waals surface area contributed by atoms with Crippen molar-refractivity contribution in [1.82, 2.24) is 0 Å². The van der Waals surface area contributed by atoms with Gasteiger partial charge >= 0.3 is 0 Å². The number of hydrogen-bond donors (Lipinski definition) is 0. The van der Waals surface area contributed by atoms with E-state index in [0.29, 0.717) is 0 Å². The zero-order chi connectivity index (χ0) is 14.3. The summed E-state index contributed by atoms with van der Waals surface area (Å²) in [6, 6.07) is 17.2. The molecule has 20 heavy (non-hydrogen) atoms. The fourth-order valence-electron chi connectivity index (χ4n) is 2.45. The van der Waals surface area contributed by atoms with Gasteiger partial charge in [0.25, 0.3) is 0 Å². The first-order valence-electron chi connectivity index (χ1n) is 6.84. The minimum absolute atomic E-state index is 1.23. The molecule has 0 unspecified atom stereocenters. The highest BCUT2D eigenvalue weighted by Gasteiger charge is 2.24. The molecule has 0 aromatic heterocycles. The van der Waals surface area contributed by atoms with Crippen molar-refractivity contribution >= 4 is 29.6 Å². The van der Waals surface area contributed by atoms with Crippen molar-refractivity contribution in [2.24, 2.45) is 0 Å². The molecular weight excluding hydrogens is 324 g/mol. The van der Waals surface area contributed by atoms with Crippen LogP contribution in [0.4, 0.5) is 0 Å². The summed E-state index contributed by atoms with van der Waals surface area (Å²) in [7, 11) is -1.37. The smallest absolute Gasteiger partial charge is 0.0966 e. The van der Waals surface area contributed by atoms with Gasteiger partial charge in [-0.05, 0) is 22.3 Å². The Balaban J connectivity index is 2.36. The van der Waals surface area contributed by atoms with Gasteiger partial charge in [0, 0.05) is 9.68 Å². The van der Waals surface area contributed by atoms with Gasteiger partial charge in [-0.1, -0.05) is 84.1 Å². The molecule has 2 heteroatoms. The average Bonchev–Trinajstić information content (AvgIpc) is 2.73. The Morgan fingerprint density at radius 1 is 0.800 bits per heavy atom. The summed E-state index contributed by atoms with van der Waals surface area (Å²) in [6.07, 6.45) is 0. The van der Waals surface area contributed by atoms with Crippen LogP contribution in [0.5, 0.6) is 0 Å². The van der Waals surface area contributed by atoms with E-state index in [9.17, 15) is 0 Å². The van der Waals surface area contributed by atoms with Crippen LogP contribution in [0.15, 0.2) is 58.4 Å². The van der Waals surface area contributed by atoms with Crippen LogP contribution >= 0.6 is 15.9 Å². The van der Waals surface area contributed by atoms with E-state index in [4.69, 9.17) is 0 Å². The Bertz CT molecular complexity index is 697. The lowest BCUT2D eigenvalue weighted by Gasteiger charge is -2.12. The largest absolute Gasteiger partial charge is 0.105 e. The normalized spacial score (nSPS) is 12.7.